The number of hydrogen-bond donors (Lipinski definition) is 0. The molecule has 0 amide bonds. The van der Waals surface area contributed by atoms with Gasteiger partial charge in [-0.05, 0) is 12.1 Å². The predicted molar refractivity (Wildman–Crippen MR) is 47.0 cm³/mol. The minimum Gasteiger partial charge on any atom is -0.463 e. The first-order chi connectivity index (χ1) is 6.07. The molecule has 0 aliphatic rings. The first-order valence-electron chi connectivity index (χ1n) is 3.35. The Labute approximate surface area is 78.6 Å². The van der Waals surface area contributed by atoms with Gasteiger partial charge >= 0.3 is 0 Å². The third-order valence-electron chi connectivity index (χ3n) is 1.56. The molecule has 68 valence electrons. The van der Waals surface area contributed by atoms with E-state index in [0.29, 0.717) is 11.0 Å². The molecule has 0 radical (unpaired) electrons. The van der Waals surface area contributed by atoms with Crippen LogP contribution < -0.4 is 0 Å². The third kappa shape index (κ3) is 1.52. The van der Waals surface area contributed by atoms with Gasteiger partial charge in [0, 0.05) is 16.1 Å². The van der Waals surface area contributed by atoms with Gasteiger partial charge in [-0.1, -0.05) is 0 Å². The zero-order valence-electron chi connectivity index (χ0n) is 6.27. The first-order valence-corrected chi connectivity index (χ1v) is 5.66. The van der Waals surface area contributed by atoms with E-state index >= 15 is 0 Å². The van der Waals surface area contributed by atoms with Gasteiger partial charge in [0.25, 0.3) is 9.05 Å². The van der Waals surface area contributed by atoms with Crippen LogP contribution in [0.1, 0.15) is 0 Å². The summed E-state index contributed by atoms with van der Waals surface area (Å²) in [6, 6.07) is 3.00. The standard InChI is InChI=1S/C7H4ClNO3S/c8-13(10,11)7-3-5-1-2-12-6(5)4-9-7/h1-4H. The van der Waals surface area contributed by atoms with Crippen molar-refractivity contribution in [3.8, 4) is 0 Å². The summed E-state index contributed by atoms with van der Waals surface area (Å²) >= 11 is 0. The highest BCUT2D eigenvalue weighted by Crippen LogP contribution is 2.19. The van der Waals surface area contributed by atoms with Crippen LogP contribution in [0.3, 0.4) is 0 Å². The topological polar surface area (TPSA) is 60.2 Å². The normalized spacial score (nSPS) is 12.1. The van der Waals surface area contributed by atoms with Crippen molar-refractivity contribution < 1.29 is 12.8 Å². The minimum atomic E-state index is -3.75. The maximum Gasteiger partial charge on any atom is 0.278 e. The van der Waals surface area contributed by atoms with E-state index in [1.54, 1.807) is 6.07 Å². The van der Waals surface area contributed by atoms with Crippen molar-refractivity contribution in [3.05, 3.63) is 24.6 Å². The Kier molecular flexibility index (Phi) is 1.78. The van der Waals surface area contributed by atoms with Gasteiger partial charge in [-0.3, -0.25) is 0 Å². The number of hydrogen-bond acceptors (Lipinski definition) is 4. The lowest BCUT2D eigenvalue weighted by Gasteiger charge is -1.93. The van der Waals surface area contributed by atoms with Gasteiger partial charge in [0.15, 0.2) is 10.6 Å². The smallest absolute Gasteiger partial charge is 0.278 e. The second kappa shape index (κ2) is 2.71. The average molecular weight is 218 g/mol. The molecule has 13 heavy (non-hydrogen) atoms. The van der Waals surface area contributed by atoms with Crippen LogP contribution in [0.25, 0.3) is 11.0 Å². The quantitative estimate of drug-likeness (QED) is 0.683. The highest BCUT2D eigenvalue weighted by molar-refractivity contribution is 8.13. The maximum atomic E-state index is 10.9. The van der Waals surface area contributed by atoms with E-state index in [4.69, 9.17) is 15.1 Å². The fraction of sp³-hybridized carbons (Fsp3) is 0. The van der Waals surface area contributed by atoms with Crippen molar-refractivity contribution in [3.63, 3.8) is 0 Å². The molecule has 0 aliphatic carbocycles. The fourth-order valence-electron chi connectivity index (χ4n) is 0.981. The molecule has 0 aromatic carbocycles. The summed E-state index contributed by atoms with van der Waals surface area (Å²) in [5.41, 5.74) is 0.532. The molecular weight excluding hydrogens is 214 g/mol. The van der Waals surface area contributed by atoms with Crippen molar-refractivity contribution in [2.24, 2.45) is 0 Å². The van der Waals surface area contributed by atoms with Crippen molar-refractivity contribution in [2.75, 3.05) is 0 Å². The Balaban J connectivity index is 2.75. The van der Waals surface area contributed by atoms with E-state index < -0.39 is 9.05 Å². The van der Waals surface area contributed by atoms with Crippen LogP contribution in [-0.4, -0.2) is 13.4 Å². The predicted octanol–water partition coefficient (Wildman–Crippen LogP) is 1.76. The number of rotatable bonds is 1. The summed E-state index contributed by atoms with van der Waals surface area (Å²) in [7, 11) is 1.35. The summed E-state index contributed by atoms with van der Waals surface area (Å²) in [4.78, 5) is 3.64. The van der Waals surface area contributed by atoms with Crippen molar-refractivity contribution in [1.29, 1.82) is 0 Å². The van der Waals surface area contributed by atoms with E-state index in [-0.39, 0.29) is 5.03 Å². The van der Waals surface area contributed by atoms with Gasteiger partial charge in [0.2, 0.25) is 0 Å². The van der Waals surface area contributed by atoms with Crippen LogP contribution in [-0.2, 0) is 9.05 Å². The second-order valence-electron chi connectivity index (χ2n) is 2.42. The molecular formula is C7H4ClNO3S. The summed E-state index contributed by atoms with van der Waals surface area (Å²) in [6.07, 6.45) is 2.78. The van der Waals surface area contributed by atoms with Gasteiger partial charge in [0.1, 0.15) is 0 Å². The highest BCUT2D eigenvalue weighted by atomic mass is 35.7. The molecule has 0 aliphatic heterocycles. The lowest BCUT2D eigenvalue weighted by Crippen LogP contribution is -1.93. The Morgan fingerprint density at radius 1 is 1.46 bits per heavy atom. The molecule has 0 N–H and O–H groups in total. The number of pyridine rings is 1. The van der Waals surface area contributed by atoms with Gasteiger partial charge < -0.3 is 4.42 Å². The number of aromatic nitrogens is 1. The van der Waals surface area contributed by atoms with E-state index in [9.17, 15) is 8.42 Å². The van der Waals surface area contributed by atoms with Gasteiger partial charge in [-0.15, -0.1) is 0 Å². The Morgan fingerprint density at radius 3 is 2.92 bits per heavy atom. The Morgan fingerprint density at radius 2 is 2.23 bits per heavy atom. The summed E-state index contributed by atoms with van der Waals surface area (Å²) in [5.74, 6) is 0. The third-order valence-corrected chi connectivity index (χ3v) is 2.76. The molecule has 0 saturated carbocycles. The largest absolute Gasteiger partial charge is 0.463 e. The van der Waals surface area contributed by atoms with Gasteiger partial charge in [-0.2, -0.15) is 0 Å². The zero-order chi connectivity index (χ0) is 9.47. The van der Waals surface area contributed by atoms with Crippen LogP contribution >= 0.6 is 10.7 Å². The molecule has 0 saturated heterocycles. The van der Waals surface area contributed by atoms with Crippen LogP contribution in [0.15, 0.2) is 34.0 Å². The fourth-order valence-corrected chi connectivity index (χ4v) is 1.68. The number of fused-ring (bicyclic) bond motifs is 1. The maximum absolute atomic E-state index is 10.9. The lowest BCUT2D eigenvalue weighted by atomic mass is 10.3. The van der Waals surface area contributed by atoms with Crippen molar-refractivity contribution in [2.45, 2.75) is 5.03 Å². The highest BCUT2D eigenvalue weighted by Gasteiger charge is 2.12. The van der Waals surface area contributed by atoms with E-state index in [1.165, 1.54) is 18.5 Å². The van der Waals surface area contributed by atoms with E-state index in [0.717, 1.165) is 0 Å². The number of halogens is 1. The van der Waals surface area contributed by atoms with Crippen LogP contribution in [0.5, 0.6) is 0 Å². The van der Waals surface area contributed by atoms with E-state index in [2.05, 4.69) is 4.98 Å². The number of furan rings is 1. The molecule has 2 heterocycles. The first kappa shape index (κ1) is 8.52. The zero-order valence-corrected chi connectivity index (χ0v) is 7.84. The molecule has 2 aromatic heterocycles. The molecule has 0 fully saturated rings. The molecule has 4 nitrogen and oxygen atoms in total. The molecule has 2 aromatic rings. The van der Waals surface area contributed by atoms with Gasteiger partial charge in [0.05, 0.1) is 12.5 Å². The SMILES string of the molecule is O=S(=O)(Cl)c1cc2ccoc2cn1. The van der Waals surface area contributed by atoms with Crippen molar-refractivity contribution in [1.82, 2.24) is 4.98 Å². The Bertz CT molecular complexity index is 546. The van der Waals surface area contributed by atoms with Crippen molar-refractivity contribution >= 4 is 30.7 Å². The average Bonchev–Trinajstić information content (AvgIpc) is 2.47. The molecule has 2 rings (SSSR count). The van der Waals surface area contributed by atoms with Gasteiger partial charge in [-0.25, -0.2) is 13.4 Å². The molecule has 0 bridgehead atoms. The van der Waals surface area contributed by atoms with E-state index in [1.807, 2.05) is 0 Å². The van der Waals surface area contributed by atoms with Crippen LogP contribution in [0.4, 0.5) is 0 Å². The molecule has 6 heteroatoms. The summed E-state index contributed by atoms with van der Waals surface area (Å²) in [6.45, 7) is 0. The monoisotopic (exact) mass is 217 g/mol. The number of nitrogens with zero attached hydrogens (tertiary/aromatic N) is 1. The van der Waals surface area contributed by atoms with Crippen LogP contribution in [0.2, 0.25) is 0 Å². The van der Waals surface area contributed by atoms with Crippen LogP contribution in [0, 0.1) is 0 Å². The minimum absolute atomic E-state index is 0.164. The lowest BCUT2D eigenvalue weighted by molar-refractivity contribution is 0.604. The molecule has 0 unspecified atom stereocenters. The second-order valence-corrected chi connectivity index (χ2v) is 4.93. The summed E-state index contributed by atoms with van der Waals surface area (Å²) < 4.78 is 26.7. The summed E-state index contributed by atoms with van der Waals surface area (Å²) in [5, 5.41) is 0.497. The Hall–Kier alpha value is -1.07. The molecule has 0 spiro atoms. The molecule has 0 atom stereocenters.